The lowest BCUT2D eigenvalue weighted by atomic mass is 9.83. The van der Waals surface area contributed by atoms with Crippen molar-refractivity contribution in [1.29, 1.82) is 0 Å². The third kappa shape index (κ3) is 1.56. The van der Waals surface area contributed by atoms with Crippen LogP contribution in [0.2, 0.25) is 0 Å². The molecule has 0 aromatic carbocycles. The summed E-state index contributed by atoms with van der Waals surface area (Å²) in [6.45, 7) is 17.2. The molecule has 0 radical (unpaired) electrons. The average Bonchev–Trinajstić information content (AvgIpc) is 3.01. The highest BCUT2D eigenvalue weighted by Gasteiger charge is 2.70. The predicted octanol–water partition coefficient (Wildman–Crippen LogP) is 4.99. The van der Waals surface area contributed by atoms with Crippen molar-refractivity contribution >= 4 is 0 Å². The summed E-state index contributed by atoms with van der Waals surface area (Å²) >= 11 is 0. The van der Waals surface area contributed by atoms with Crippen molar-refractivity contribution < 1.29 is 0 Å². The molecule has 2 rings (SSSR count). The van der Waals surface area contributed by atoms with Gasteiger partial charge < -0.3 is 0 Å². The van der Waals surface area contributed by atoms with E-state index in [0.29, 0.717) is 10.8 Å². The van der Waals surface area contributed by atoms with Gasteiger partial charge in [-0.25, -0.2) is 0 Å². The summed E-state index contributed by atoms with van der Waals surface area (Å²) in [5.74, 6) is 4.79. The van der Waals surface area contributed by atoms with Crippen LogP contribution in [0.4, 0.5) is 0 Å². The van der Waals surface area contributed by atoms with Gasteiger partial charge in [-0.1, -0.05) is 54.9 Å². The fourth-order valence-corrected chi connectivity index (χ4v) is 4.64. The number of hydrogen-bond acceptors (Lipinski definition) is 0. The van der Waals surface area contributed by atoms with E-state index in [0.717, 1.165) is 29.6 Å². The molecule has 94 valence electrons. The number of rotatable bonds is 4. The van der Waals surface area contributed by atoms with Crippen molar-refractivity contribution in [3.05, 3.63) is 0 Å². The minimum Gasteiger partial charge on any atom is -0.0651 e. The van der Waals surface area contributed by atoms with Gasteiger partial charge in [-0.2, -0.15) is 0 Å². The second-order valence-corrected chi connectivity index (χ2v) is 7.65. The lowest BCUT2D eigenvalue weighted by molar-refractivity contribution is 0.263. The minimum atomic E-state index is 0.624. The van der Waals surface area contributed by atoms with Crippen molar-refractivity contribution in [2.75, 3.05) is 0 Å². The lowest BCUT2D eigenvalue weighted by Crippen LogP contribution is -2.16. The summed E-state index contributed by atoms with van der Waals surface area (Å²) < 4.78 is 0. The molecule has 0 nitrogen and oxygen atoms in total. The summed E-state index contributed by atoms with van der Waals surface area (Å²) in [7, 11) is 0. The molecule has 0 N–H and O–H groups in total. The van der Waals surface area contributed by atoms with E-state index in [1.54, 1.807) is 0 Å². The van der Waals surface area contributed by atoms with E-state index in [1.165, 1.54) is 12.8 Å². The summed E-state index contributed by atoms with van der Waals surface area (Å²) in [6, 6.07) is 0. The van der Waals surface area contributed by atoms with Crippen molar-refractivity contribution in [2.45, 2.75) is 61.3 Å². The quantitative estimate of drug-likeness (QED) is 0.629. The molecule has 16 heavy (non-hydrogen) atoms. The topological polar surface area (TPSA) is 0 Å². The van der Waals surface area contributed by atoms with Gasteiger partial charge in [0.2, 0.25) is 0 Å². The van der Waals surface area contributed by atoms with E-state index < -0.39 is 0 Å². The van der Waals surface area contributed by atoms with Crippen LogP contribution in [0.5, 0.6) is 0 Å². The molecule has 0 aromatic rings. The summed E-state index contributed by atoms with van der Waals surface area (Å²) in [6.07, 6.45) is 2.84. The first-order chi connectivity index (χ1) is 7.26. The summed E-state index contributed by atoms with van der Waals surface area (Å²) in [5.41, 5.74) is 1.31. The van der Waals surface area contributed by atoms with Crippen LogP contribution in [0.15, 0.2) is 0 Å². The first kappa shape index (κ1) is 12.5. The van der Waals surface area contributed by atoms with Crippen molar-refractivity contribution in [3.63, 3.8) is 0 Å². The van der Waals surface area contributed by atoms with Crippen molar-refractivity contribution in [1.82, 2.24) is 0 Å². The fourth-order valence-electron chi connectivity index (χ4n) is 4.64. The Labute approximate surface area is 102 Å². The average molecular weight is 222 g/mol. The van der Waals surface area contributed by atoms with Crippen molar-refractivity contribution in [3.8, 4) is 0 Å². The monoisotopic (exact) mass is 222 g/mol. The maximum absolute atomic E-state index is 2.56. The highest BCUT2D eigenvalue weighted by atomic mass is 14.7. The smallest absolute Gasteiger partial charge is 0.0256 e. The van der Waals surface area contributed by atoms with Gasteiger partial charge in [0.1, 0.15) is 0 Å². The zero-order chi connectivity index (χ0) is 12.3. The van der Waals surface area contributed by atoms with E-state index in [4.69, 9.17) is 0 Å². The SMILES string of the molecule is CCC(C)C(C)C1CC1(C)C1C(C)C1(C)C. The Morgan fingerprint density at radius 1 is 1.19 bits per heavy atom. The maximum atomic E-state index is 2.56. The molecule has 0 aliphatic heterocycles. The molecular formula is C16H30. The van der Waals surface area contributed by atoms with Gasteiger partial charge in [0.15, 0.2) is 0 Å². The first-order valence-corrected chi connectivity index (χ1v) is 7.26. The van der Waals surface area contributed by atoms with E-state index in [9.17, 15) is 0 Å². The Morgan fingerprint density at radius 3 is 2.06 bits per heavy atom. The standard InChI is InChI=1S/C16H30/c1-8-10(2)11(3)13-9-16(13,7)14-12(4)15(14,5)6/h10-14H,8-9H2,1-7H3. The molecule has 0 amide bonds. The molecule has 6 unspecified atom stereocenters. The van der Waals surface area contributed by atoms with Gasteiger partial charge in [-0.05, 0) is 46.8 Å². The minimum absolute atomic E-state index is 0.624. The Balaban J connectivity index is 2.00. The third-order valence-electron chi connectivity index (χ3n) is 6.60. The Bertz CT molecular complexity index is 278. The van der Waals surface area contributed by atoms with E-state index in [1.807, 2.05) is 0 Å². The van der Waals surface area contributed by atoms with Crippen LogP contribution in [0, 0.1) is 40.4 Å². The highest BCUT2D eigenvalue weighted by Crippen LogP contribution is 2.76. The van der Waals surface area contributed by atoms with Crippen LogP contribution < -0.4 is 0 Å². The molecule has 0 heteroatoms. The molecule has 2 saturated carbocycles. The molecule has 0 saturated heterocycles. The summed E-state index contributed by atoms with van der Waals surface area (Å²) in [4.78, 5) is 0. The van der Waals surface area contributed by atoms with Gasteiger partial charge in [0.25, 0.3) is 0 Å². The summed E-state index contributed by atoms with van der Waals surface area (Å²) in [5, 5.41) is 0. The van der Waals surface area contributed by atoms with E-state index in [-0.39, 0.29) is 0 Å². The third-order valence-corrected chi connectivity index (χ3v) is 6.60. The first-order valence-electron chi connectivity index (χ1n) is 7.26. The lowest BCUT2D eigenvalue weighted by Gasteiger charge is -2.22. The van der Waals surface area contributed by atoms with Crippen LogP contribution in [0.3, 0.4) is 0 Å². The Kier molecular flexibility index (Phi) is 2.72. The molecule has 2 aliphatic rings. The van der Waals surface area contributed by atoms with Crippen LogP contribution >= 0.6 is 0 Å². The molecule has 6 atom stereocenters. The molecular weight excluding hydrogens is 192 g/mol. The molecule has 0 heterocycles. The second kappa shape index (κ2) is 3.50. The van der Waals surface area contributed by atoms with E-state index in [2.05, 4.69) is 48.5 Å². The van der Waals surface area contributed by atoms with Crippen LogP contribution in [0.25, 0.3) is 0 Å². The van der Waals surface area contributed by atoms with Gasteiger partial charge >= 0.3 is 0 Å². The van der Waals surface area contributed by atoms with Crippen LogP contribution in [-0.2, 0) is 0 Å². The van der Waals surface area contributed by atoms with Crippen molar-refractivity contribution in [2.24, 2.45) is 40.4 Å². The van der Waals surface area contributed by atoms with Gasteiger partial charge in [0.05, 0.1) is 0 Å². The zero-order valence-electron chi connectivity index (χ0n) is 12.3. The van der Waals surface area contributed by atoms with E-state index >= 15 is 0 Å². The predicted molar refractivity (Wildman–Crippen MR) is 71.3 cm³/mol. The molecule has 0 spiro atoms. The second-order valence-electron chi connectivity index (χ2n) is 7.65. The van der Waals surface area contributed by atoms with Crippen LogP contribution in [0.1, 0.15) is 61.3 Å². The fraction of sp³-hybridized carbons (Fsp3) is 1.00. The largest absolute Gasteiger partial charge is 0.0651 e. The van der Waals surface area contributed by atoms with Gasteiger partial charge in [0, 0.05) is 0 Å². The molecule has 2 aliphatic carbocycles. The number of hydrogen-bond donors (Lipinski definition) is 0. The van der Waals surface area contributed by atoms with Gasteiger partial charge in [-0.3, -0.25) is 0 Å². The highest BCUT2D eigenvalue weighted by molar-refractivity contribution is 5.18. The maximum Gasteiger partial charge on any atom is -0.0256 e. The Hall–Kier alpha value is 0. The molecule has 0 bridgehead atoms. The Morgan fingerprint density at radius 2 is 1.69 bits per heavy atom. The molecule has 2 fully saturated rings. The zero-order valence-corrected chi connectivity index (χ0v) is 12.3. The van der Waals surface area contributed by atoms with Gasteiger partial charge in [-0.15, -0.1) is 0 Å². The molecule has 0 aromatic heterocycles. The van der Waals surface area contributed by atoms with Crippen LogP contribution in [-0.4, -0.2) is 0 Å². The normalized spacial score (nSPS) is 48.6.